The highest BCUT2D eigenvalue weighted by Gasteiger charge is 2.14. The van der Waals surface area contributed by atoms with Crippen LogP contribution in [-0.2, 0) is 5.41 Å². The number of carbonyl (C=O) groups is 1. The highest BCUT2D eigenvalue weighted by atomic mass is 16.2. The zero-order valence-electron chi connectivity index (χ0n) is 14.7. The number of nitrogens with zero attached hydrogens (tertiary/aromatic N) is 1. The van der Waals surface area contributed by atoms with Crippen molar-refractivity contribution in [3.63, 3.8) is 0 Å². The summed E-state index contributed by atoms with van der Waals surface area (Å²) in [6, 6.07) is 17.6. The van der Waals surface area contributed by atoms with Gasteiger partial charge in [-0.1, -0.05) is 69.3 Å². The Hall–Kier alpha value is -2.68. The van der Waals surface area contributed by atoms with Crippen LogP contribution in [0.3, 0.4) is 0 Å². The average molecular weight is 320 g/mol. The predicted octanol–water partition coefficient (Wildman–Crippen LogP) is 4.80. The Morgan fingerprint density at radius 2 is 1.62 bits per heavy atom. The Bertz CT molecular complexity index is 736. The van der Waals surface area contributed by atoms with Crippen molar-refractivity contribution in [1.29, 1.82) is 0 Å². The Morgan fingerprint density at radius 3 is 2.21 bits per heavy atom. The van der Waals surface area contributed by atoms with E-state index < -0.39 is 0 Å². The molecule has 0 aliphatic heterocycles. The van der Waals surface area contributed by atoms with Crippen LogP contribution < -0.4 is 5.43 Å². The molecule has 2 aromatic rings. The van der Waals surface area contributed by atoms with E-state index in [0.717, 1.165) is 11.1 Å². The normalized spacial score (nSPS) is 12.4. The molecular weight excluding hydrogens is 296 g/mol. The summed E-state index contributed by atoms with van der Waals surface area (Å²) < 4.78 is 0. The predicted molar refractivity (Wildman–Crippen MR) is 101 cm³/mol. The molecule has 0 aliphatic rings. The standard InChI is InChI=1S/C21H24N2O/c1-16(14-17-8-6-5-7-9-17)15-22-23-20(24)18-10-12-19(13-11-18)21(2,3)4/h5-15H,1-4H3,(H,23,24)/b16-14-,22-15+. The van der Waals surface area contributed by atoms with Crippen molar-refractivity contribution in [2.24, 2.45) is 5.10 Å². The van der Waals surface area contributed by atoms with Crippen molar-refractivity contribution in [2.45, 2.75) is 33.1 Å². The Labute approximate surface area is 144 Å². The van der Waals surface area contributed by atoms with Crippen LogP contribution in [0.4, 0.5) is 0 Å². The fourth-order valence-electron chi connectivity index (χ4n) is 2.23. The summed E-state index contributed by atoms with van der Waals surface area (Å²) in [6.07, 6.45) is 3.65. The number of benzene rings is 2. The fraction of sp³-hybridized carbons (Fsp3) is 0.238. The highest BCUT2D eigenvalue weighted by molar-refractivity contribution is 5.95. The average Bonchev–Trinajstić information content (AvgIpc) is 2.55. The van der Waals surface area contributed by atoms with Crippen LogP contribution >= 0.6 is 0 Å². The summed E-state index contributed by atoms with van der Waals surface area (Å²) in [4.78, 5) is 12.1. The van der Waals surface area contributed by atoms with Crippen molar-refractivity contribution in [3.05, 3.63) is 76.9 Å². The second-order valence-corrected chi connectivity index (χ2v) is 6.83. The minimum atomic E-state index is -0.209. The lowest BCUT2D eigenvalue weighted by molar-refractivity contribution is 0.0955. The second-order valence-electron chi connectivity index (χ2n) is 6.83. The molecule has 0 aliphatic carbocycles. The summed E-state index contributed by atoms with van der Waals surface area (Å²) in [5.41, 5.74) is 6.50. The van der Waals surface area contributed by atoms with Gasteiger partial charge in [-0.15, -0.1) is 0 Å². The maximum Gasteiger partial charge on any atom is 0.271 e. The Morgan fingerprint density at radius 1 is 1.00 bits per heavy atom. The number of hydrogen-bond donors (Lipinski definition) is 1. The van der Waals surface area contributed by atoms with E-state index in [1.54, 1.807) is 6.21 Å². The molecule has 0 aromatic heterocycles. The molecule has 0 saturated heterocycles. The first kappa shape index (κ1) is 17.7. The van der Waals surface area contributed by atoms with Gasteiger partial charge >= 0.3 is 0 Å². The number of nitrogens with one attached hydrogen (secondary N) is 1. The zero-order chi connectivity index (χ0) is 17.6. The number of carbonyl (C=O) groups excluding carboxylic acids is 1. The van der Waals surface area contributed by atoms with Crippen LogP contribution in [0.25, 0.3) is 6.08 Å². The van der Waals surface area contributed by atoms with Gasteiger partial charge in [0.1, 0.15) is 0 Å². The molecule has 124 valence electrons. The van der Waals surface area contributed by atoms with Crippen molar-refractivity contribution >= 4 is 18.2 Å². The summed E-state index contributed by atoms with van der Waals surface area (Å²) in [7, 11) is 0. The summed E-state index contributed by atoms with van der Waals surface area (Å²) >= 11 is 0. The van der Waals surface area contributed by atoms with E-state index in [0.29, 0.717) is 5.56 Å². The van der Waals surface area contributed by atoms with E-state index >= 15 is 0 Å². The van der Waals surface area contributed by atoms with Crippen molar-refractivity contribution in [3.8, 4) is 0 Å². The first-order valence-electron chi connectivity index (χ1n) is 8.03. The molecule has 0 atom stereocenters. The second kappa shape index (κ2) is 7.73. The molecule has 0 bridgehead atoms. The summed E-state index contributed by atoms with van der Waals surface area (Å²) in [5, 5.41) is 4.02. The molecule has 2 aromatic carbocycles. The molecular formula is C21H24N2O. The maximum absolute atomic E-state index is 12.1. The maximum atomic E-state index is 12.1. The molecule has 1 N–H and O–H groups in total. The Balaban J connectivity index is 1.96. The highest BCUT2D eigenvalue weighted by Crippen LogP contribution is 2.22. The molecule has 0 unspecified atom stereocenters. The lowest BCUT2D eigenvalue weighted by Crippen LogP contribution is -2.18. The molecule has 2 rings (SSSR count). The first-order valence-corrected chi connectivity index (χ1v) is 8.03. The van der Waals surface area contributed by atoms with Gasteiger partial charge in [0, 0.05) is 5.56 Å². The molecule has 0 spiro atoms. The smallest absolute Gasteiger partial charge is 0.267 e. The quantitative estimate of drug-likeness (QED) is 0.638. The zero-order valence-corrected chi connectivity index (χ0v) is 14.7. The van der Waals surface area contributed by atoms with E-state index in [4.69, 9.17) is 0 Å². The van der Waals surface area contributed by atoms with Crippen LogP contribution in [0.15, 0.2) is 65.3 Å². The van der Waals surface area contributed by atoms with Gasteiger partial charge < -0.3 is 0 Å². The third kappa shape index (κ3) is 5.20. The van der Waals surface area contributed by atoms with Crippen molar-refractivity contribution in [2.75, 3.05) is 0 Å². The monoisotopic (exact) mass is 320 g/mol. The van der Waals surface area contributed by atoms with Gasteiger partial charge in [-0.25, -0.2) is 5.43 Å². The molecule has 0 radical (unpaired) electrons. The minimum Gasteiger partial charge on any atom is -0.267 e. The number of amides is 1. The first-order chi connectivity index (χ1) is 11.4. The van der Waals surface area contributed by atoms with Crippen LogP contribution in [0.5, 0.6) is 0 Å². The minimum absolute atomic E-state index is 0.0759. The number of hydrogen-bond acceptors (Lipinski definition) is 2. The van der Waals surface area contributed by atoms with Crippen molar-refractivity contribution in [1.82, 2.24) is 5.43 Å². The van der Waals surface area contributed by atoms with E-state index in [1.807, 2.05) is 67.6 Å². The molecule has 1 amide bonds. The van der Waals surface area contributed by atoms with Gasteiger partial charge in [-0.3, -0.25) is 4.79 Å². The molecule has 24 heavy (non-hydrogen) atoms. The van der Waals surface area contributed by atoms with Gasteiger partial charge in [-0.2, -0.15) is 5.10 Å². The van der Waals surface area contributed by atoms with Gasteiger partial charge in [-0.05, 0) is 41.2 Å². The molecule has 3 nitrogen and oxygen atoms in total. The summed E-state index contributed by atoms with van der Waals surface area (Å²) in [6.45, 7) is 8.39. The van der Waals surface area contributed by atoms with Gasteiger partial charge in [0.25, 0.3) is 5.91 Å². The SMILES string of the molecule is CC(=C/c1ccccc1)/C=N/NC(=O)c1ccc(C(C)(C)C)cc1. The van der Waals surface area contributed by atoms with E-state index in [-0.39, 0.29) is 11.3 Å². The van der Waals surface area contributed by atoms with E-state index in [2.05, 4.69) is 31.3 Å². The Kier molecular flexibility index (Phi) is 5.69. The fourth-order valence-corrected chi connectivity index (χ4v) is 2.23. The van der Waals surface area contributed by atoms with E-state index in [1.165, 1.54) is 5.56 Å². The lowest BCUT2D eigenvalue weighted by atomic mass is 9.87. The third-order valence-corrected chi connectivity index (χ3v) is 3.64. The van der Waals surface area contributed by atoms with Crippen LogP contribution in [-0.4, -0.2) is 12.1 Å². The molecule has 0 fully saturated rings. The van der Waals surface area contributed by atoms with E-state index in [9.17, 15) is 4.79 Å². The van der Waals surface area contributed by atoms with Gasteiger partial charge in [0.15, 0.2) is 0 Å². The molecule has 0 saturated carbocycles. The van der Waals surface area contributed by atoms with Crippen LogP contribution in [0.1, 0.15) is 49.2 Å². The molecule has 0 heterocycles. The number of rotatable bonds is 4. The van der Waals surface area contributed by atoms with Crippen molar-refractivity contribution < 1.29 is 4.79 Å². The summed E-state index contributed by atoms with van der Waals surface area (Å²) in [5.74, 6) is -0.209. The third-order valence-electron chi connectivity index (χ3n) is 3.64. The number of hydrazone groups is 1. The largest absolute Gasteiger partial charge is 0.271 e. The van der Waals surface area contributed by atoms with Crippen LogP contribution in [0, 0.1) is 0 Å². The van der Waals surface area contributed by atoms with Gasteiger partial charge in [0.2, 0.25) is 0 Å². The van der Waals surface area contributed by atoms with Crippen LogP contribution in [0.2, 0.25) is 0 Å². The molecule has 3 heteroatoms. The lowest BCUT2D eigenvalue weighted by Gasteiger charge is -2.18. The van der Waals surface area contributed by atoms with Gasteiger partial charge in [0.05, 0.1) is 6.21 Å². The number of allylic oxidation sites excluding steroid dienone is 1. The topological polar surface area (TPSA) is 41.5 Å².